The van der Waals surface area contributed by atoms with Crippen LogP contribution in [0.5, 0.6) is 0 Å². The summed E-state index contributed by atoms with van der Waals surface area (Å²) in [5, 5.41) is 19.1. The Morgan fingerprint density at radius 2 is 2.00 bits per heavy atom. The van der Waals surface area contributed by atoms with Crippen LogP contribution in [0.1, 0.15) is 6.42 Å². The molecule has 4 rings (SSSR count). The molecule has 0 aliphatic rings. The third-order valence-electron chi connectivity index (χ3n) is 3.95. The average Bonchev–Trinajstić information content (AvgIpc) is 3.03. The van der Waals surface area contributed by atoms with Gasteiger partial charge in [0.1, 0.15) is 6.42 Å². The number of nitriles is 1. The Labute approximate surface area is 146 Å². The second kappa shape index (κ2) is 6.14. The first-order valence-corrected chi connectivity index (χ1v) is 7.80. The number of nitrogens with one attached hydrogen (secondary N) is 3. The first-order valence-electron chi connectivity index (χ1n) is 7.80. The molecule has 0 aliphatic heterocycles. The summed E-state index contributed by atoms with van der Waals surface area (Å²) in [6.07, 6.45) is -0.240. The molecular weight excluding hydrogens is 332 g/mol. The minimum Gasteiger partial charge on any atom is -0.324 e. The van der Waals surface area contributed by atoms with Gasteiger partial charge in [-0.3, -0.25) is 14.9 Å². The van der Waals surface area contributed by atoms with E-state index in [2.05, 4.69) is 25.5 Å². The van der Waals surface area contributed by atoms with Crippen molar-refractivity contribution < 1.29 is 4.79 Å². The quantitative estimate of drug-likeness (QED) is 0.525. The number of hydrogen-bond donors (Lipinski definition) is 3. The number of anilines is 1. The third kappa shape index (κ3) is 2.67. The van der Waals surface area contributed by atoms with E-state index >= 15 is 0 Å². The number of nitrogens with zero attached hydrogens (tertiary/aromatic N) is 3. The van der Waals surface area contributed by atoms with Crippen molar-refractivity contribution in [1.29, 1.82) is 5.26 Å². The van der Waals surface area contributed by atoms with Gasteiger partial charge in [0.05, 0.1) is 28.2 Å². The number of rotatable bonds is 3. The fourth-order valence-electron chi connectivity index (χ4n) is 2.80. The predicted octanol–water partition coefficient (Wildman–Crippen LogP) is 2.32. The van der Waals surface area contributed by atoms with Crippen LogP contribution in [0, 0.1) is 11.3 Å². The largest absolute Gasteiger partial charge is 0.324 e. The van der Waals surface area contributed by atoms with E-state index in [-0.39, 0.29) is 17.9 Å². The molecule has 0 spiro atoms. The van der Waals surface area contributed by atoms with Crippen molar-refractivity contribution in [1.82, 2.24) is 20.2 Å². The predicted molar refractivity (Wildman–Crippen MR) is 96.3 cm³/mol. The number of aromatic nitrogens is 4. The monoisotopic (exact) mass is 344 g/mol. The molecule has 2 aromatic carbocycles. The van der Waals surface area contributed by atoms with Gasteiger partial charge in [-0.1, -0.05) is 24.3 Å². The smallest absolute Gasteiger partial charge is 0.272 e. The van der Waals surface area contributed by atoms with Crippen molar-refractivity contribution in [2.45, 2.75) is 6.42 Å². The van der Waals surface area contributed by atoms with E-state index in [1.54, 1.807) is 24.3 Å². The lowest BCUT2D eigenvalue weighted by Gasteiger charge is -2.04. The minimum atomic E-state index is -0.430. The van der Waals surface area contributed by atoms with Gasteiger partial charge < -0.3 is 4.98 Å². The van der Waals surface area contributed by atoms with Crippen molar-refractivity contribution in [3.63, 3.8) is 0 Å². The summed E-state index contributed by atoms with van der Waals surface area (Å²) in [4.78, 5) is 30.7. The topological polar surface area (TPSA) is 127 Å². The lowest BCUT2D eigenvalue weighted by Crippen LogP contribution is -2.11. The molecule has 26 heavy (non-hydrogen) atoms. The lowest BCUT2D eigenvalue weighted by atomic mass is 10.0. The maximum absolute atomic E-state index is 11.9. The molecule has 8 nitrogen and oxygen atoms in total. The highest BCUT2D eigenvalue weighted by Gasteiger charge is 2.11. The molecule has 0 radical (unpaired) electrons. The molecule has 0 atom stereocenters. The van der Waals surface area contributed by atoms with Crippen molar-refractivity contribution in [2.75, 3.05) is 5.32 Å². The Kier molecular flexibility index (Phi) is 3.67. The zero-order valence-corrected chi connectivity index (χ0v) is 13.4. The first kappa shape index (κ1) is 15.5. The molecule has 3 N–H and O–H groups in total. The van der Waals surface area contributed by atoms with Gasteiger partial charge >= 0.3 is 0 Å². The summed E-state index contributed by atoms with van der Waals surface area (Å²) in [6.45, 7) is 0. The van der Waals surface area contributed by atoms with Crippen LogP contribution >= 0.6 is 0 Å². The Morgan fingerprint density at radius 1 is 1.19 bits per heavy atom. The average molecular weight is 344 g/mol. The lowest BCUT2D eigenvalue weighted by molar-refractivity contribution is -0.115. The van der Waals surface area contributed by atoms with Gasteiger partial charge in [-0.25, -0.2) is 10.1 Å². The molecule has 0 saturated heterocycles. The maximum atomic E-state index is 11.9. The van der Waals surface area contributed by atoms with Gasteiger partial charge in [-0.2, -0.15) is 10.4 Å². The summed E-state index contributed by atoms with van der Waals surface area (Å²) >= 11 is 0. The van der Waals surface area contributed by atoms with Crippen LogP contribution in [0.25, 0.3) is 33.1 Å². The molecule has 1 amide bonds. The van der Waals surface area contributed by atoms with Crippen LogP contribution in [0.2, 0.25) is 0 Å². The summed E-state index contributed by atoms with van der Waals surface area (Å²) in [6, 6.07) is 14.5. The van der Waals surface area contributed by atoms with E-state index in [0.29, 0.717) is 22.1 Å². The van der Waals surface area contributed by atoms with Crippen LogP contribution in [0.15, 0.2) is 47.3 Å². The number of aromatic amines is 2. The van der Waals surface area contributed by atoms with Gasteiger partial charge in [-0.15, -0.1) is 0 Å². The fourth-order valence-corrected chi connectivity index (χ4v) is 2.80. The van der Waals surface area contributed by atoms with Crippen LogP contribution in [0.3, 0.4) is 0 Å². The summed E-state index contributed by atoms with van der Waals surface area (Å²) < 4.78 is 0. The van der Waals surface area contributed by atoms with Crippen molar-refractivity contribution in [3.05, 3.63) is 52.8 Å². The van der Waals surface area contributed by atoms with Gasteiger partial charge in [0, 0.05) is 10.9 Å². The van der Waals surface area contributed by atoms with Gasteiger partial charge in [0.2, 0.25) is 11.9 Å². The molecule has 8 heteroatoms. The van der Waals surface area contributed by atoms with E-state index in [1.807, 2.05) is 24.3 Å². The molecule has 0 bridgehead atoms. The second-order valence-corrected chi connectivity index (χ2v) is 5.65. The number of benzene rings is 2. The normalized spacial score (nSPS) is 10.7. The highest BCUT2D eigenvalue weighted by molar-refractivity contribution is 5.96. The Hall–Kier alpha value is -3.99. The molecular formula is C18H12N6O2. The molecule has 0 aliphatic carbocycles. The molecule has 126 valence electrons. The van der Waals surface area contributed by atoms with Gasteiger partial charge in [0.15, 0.2) is 0 Å². The highest BCUT2D eigenvalue weighted by Crippen LogP contribution is 2.27. The van der Waals surface area contributed by atoms with E-state index in [4.69, 9.17) is 5.26 Å². The summed E-state index contributed by atoms with van der Waals surface area (Å²) in [7, 11) is 0. The highest BCUT2D eigenvalue weighted by atomic mass is 16.1. The molecule has 2 aromatic heterocycles. The number of imidazole rings is 1. The van der Waals surface area contributed by atoms with E-state index in [1.165, 1.54) is 0 Å². The molecule has 0 unspecified atom stereocenters. The minimum absolute atomic E-state index is 0.240. The van der Waals surface area contributed by atoms with Crippen LogP contribution in [0.4, 0.5) is 5.95 Å². The number of amides is 1. The van der Waals surface area contributed by atoms with E-state index in [0.717, 1.165) is 10.9 Å². The Balaban J connectivity index is 1.79. The first-order chi connectivity index (χ1) is 12.7. The standard InChI is InChI=1S/C18H12N6O2/c19-8-7-15(25)22-18-20-13-6-5-10(9-14(13)21-18)16-11-3-1-2-4-12(11)17(26)24-23-16/h1-6,9H,7H2,(H,24,26)(H2,20,21,22,25). The molecule has 0 saturated carbocycles. The van der Waals surface area contributed by atoms with Crippen molar-refractivity contribution >= 4 is 33.7 Å². The Bertz CT molecular complexity index is 1250. The second-order valence-electron chi connectivity index (χ2n) is 5.65. The SMILES string of the molecule is N#CCC(=O)Nc1nc2ccc(-c3n[nH]c(=O)c4ccccc34)cc2[nH]1. The number of fused-ring (bicyclic) bond motifs is 2. The number of H-pyrrole nitrogens is 2. The van der Waals surface area contributed by atoms with Crippen LogP contribution in [-0.2, 0) is 4.79 Å². The van der Waals surface area contributed by atoms with Crippen molar-refractivity contribution in [3.8, 4) is 17.3 Å². The summed E-state index contributed by atoms with van der Waals surface area (Å²) in [5.41, 5.74) is 2.56. The van der Waals surface area contributed by atoms with E-state index in [9.17, 15) is 9.59 Å². The van der Waals surface area contributed by atoms with Crippen LogP contribution in [-0.4, -0.2) is 26.1 Å². The summed E-state index contributed by atoms with van der Waals surface area (Å²) in [5.74, 6) is -0.156. The van der Waals surface area contributed by atoms with Gasteiger partial charge in [-0.05, 0) is 18.2 Å². The Morgan fingerprint density at radius 3 is 2.81 bits per heavy atom. The number of hydrogen-bond acceptors (Lipinski definition) is 5. The number of carbonyl (C=O) groups excluding carboxylic acids is 1. The maximum Gasteiger partial charge on any atom is 0.272 e. The number of carbonyl (C=O) groups is 1. The van der Waals surface area contributed by atoms with Gasteiger partial charge in [0.25, 0.3) is 5.56 Å². The molecule has 0 fully saturated rings. The fraction of sp³-hybridized carbons (Fsp3) is 0.0556. The zero-order valence-electron chi connectivity index (χ0n) is 13.4. The van der Waals surface area contributed by atoms with Crippen LogP contribution < -0.4 is 10.9 Å². The molecule has 2 heterocycles. The van der Waals surface area contributed by atoms with E-state index < -0.39 is 5.91 Å². The third-order valence-corrected chi connectivity index (χ3v) is 3.95. The van der Waals surface area contributed by atoms with Crippen molar-refractivity contribution in [2.24, 2.45) is 0 Å². The molecule has 4 aromatic rings. The zero-order chi connectivity index (χ0) is 18.1.